The summed E-state index contributed by atoms with van der Waals surface area (Å²) in [6.07, 6.45) is 8.25. The second-order valence-electron chi connectivity index (χ2n) is 11.5. The predicted molar refractivity (Wildman–Crippen MR) is 162 cm³/mol. The topological polar surface area (TPSA) is 86.8 Å². The molecule has 6 nitrogen and oxygen atoms in total. The van der Waals surface area contributed by atoms with Crippen molar-refractivity contribution >= 4 is 41.0 Å². The van der Waals surface area contributed by atoms with E-state index in [0.717, 1.165) is 80.8 Å². The highest BCUT2D eigenvalue weighted by Gasteiger charge is 2.46. The number of allylic oxidation sites excluding steroid dienone is 3. The summed E-state index contributed by atoms with van der Waals surface area (Å²) >= 11 is 0. The maximum absolute atomic E-state index is 13.4. The average Bonchev–Trinajstić information content (AvgIpc) is 3.16. The molecule has 0 spiro atoms. The second-order valence-corrected chi connectivity index (χ2v) is 11.5. The molecule has 1 aliphatic carbocycles. The van der Waals surface area contributed by atoms with Gasteiger partial charge in [-0.25, -0.2) is 0 Å². The molecule has 0 radical (unpaired) electrons. The Morgan fingerprint density at radius 1 is 0.950 bits per heavy atom. The molecule has 0 unspecified atom stereocenters. The van der Waals surface area contributed by atoms with Crippen LogP contribution in [0.25, 0.3) is 5.57 Å². The number of carbonyl (C=O) groups excluding carboxylic acids is 1. The quantitative estimate of drug-likeness (QED) is 0.225. The number of carbonyl (C=O) groups is 1. The molecule has 0 saturated heterocycles. The van der Waals surface area contributed by atoms with Crippen LogP contribution in [0.3, 0.4) is 0 Å². The summed E-state index contributed by atoms with van der Waals surface area (Å²) in [5, 5.41) is 32.9. The Balaban J connectivity index is 1.67. The molecule has 2 aromatic carbocycles. The van der Waals surface area contributed by atoms with Crippen molar-refractivity contribution in [2.24, 2.45) is 0 Å². The van der Waals surface area contributed by atoms with Crippen molar-refractivity contribution in [3.8, 4) is 0 Å². The van der Waals surface area contributed by atoms with Crippen molar-refractivity contribution in [1.29, 1.82) is 0 Å². The summed E-state index contributed by atoms with van der Waals surface area (Å²) in [7, 11) is -1.56. The fourth-order valence-corrected chi connectivity index (χ4v) is 5.72. The van der Waals surface area contributed by atoms with Gasteiger partial charge in [-0.1, -0.05) is 70.1 Å². The van der Waals surface area contributed by atoms with Crippen molar-refractivity contribution in [1.82, 2.24) is 0 Å². The molecular formula is C33H43BN2O4. The van der Waals surface area contributed by atoms with Crippen LogP contribution in [0.5, 0.6) is 0 Å². The number of unbranched alkanes of at least 4 members (excludes halogenated alkanes) is 3. The zero-order chi connectivity index (χ0) is 29.0. The summed E-state index contributed by atoms with van der Waals surface area (Å²) in [6, 6.07) is 13.3. The minimum Gasteiger partial charge on any atom is -0.871 e. The zero-order valence-corrected chi connectivity index (χ0v) is 24.7. The first-order chi connectivity index (χ1) is 19.1. The second kappa shape index (κ2) is 12.6. The van der Waals surface area contributed by atoms with Gasteiger partial charge < -0.3 is 20.1 Å². The molecule has 2 aromatic rings. The summed E-state index contributed by atoms with van der Waals surface area (Å²) in [5.74, 6) is -0.430. The van der Waals surface area contributed by atoms with Crippen LogP contribution in [-0.4, -0.2) is 52.9 Å². The lowest BCUT2D eigenvalue weighted by Gasteiger charge is -2.31. The number of hydrogen-bond donors (Lipinski definition) is 2. The molecule has 0 bridgehead atoms. The van der Waals surface area contributed by atoms with Crippen molar-refractivity contribution in [2.75, 3.05) is 24.5 Å². The first kappa shape index (κ1) is 29.8. The maximum atomic E-state index is 13.4. The molecule has 2 aliphatic rings. The number of fused-ring (bicyclic) bond motifs is 1. The molecule has 40 heavy (non-hydrogen) atoms. The number of anilines is 1. The van der Waals surface area contributed by atoms with Crippen LogP contribution in [0.2, 0.25) is 0 Å². The normalized spacial score (nSPS) is 17.0. The monoisotopic (exact) mass is 542 g/mol. The lowest BCUT2D eigenvalue weighted by atomic mass is 9.74. The largest absolute Gasteiger partial charge is 0.871 e. The molecule has 0 aromatic heterocycles. The number of ketones is 1. The summed E-state index contributed by atoms with van der Waals surface area (Å²) in [4.78, 5) is 15.8. The highest BCUT2D eigenvalue weighted by Crippen LogP contribution is 2.42. The lowest BCUT2D eigenvalue weighted by molar-refractivity contribution is -0.438. The van der Waals surface area contributed by atoms with Gasteiger partial charge in [0.2, 0.25) is 5.69 Å². The van der Waals surface area contributed by atoms with Gasteiger partial charge in [-0.3, -0.25) is 4.79 Å². The number of Topliss-reactive ketones (excluding diaryl/α,β-unsaturated/α-hetero) is 1. The highest BCUT2D eigenvalue weighted by atomic mass is 16.4. The molecule has 4 rings (SSSR count). The lowest BCUT2D eigenvalue weighted by Crippen LogP contribution is -2.34. The zero-order valence-electron chi connectivity index (χ0n) is 24.7. The van der Waals surface area contributed by atoms with Gasteiger partial charge in [-0.05, 0) is 49.8 Å². The molecule has 2 N–H and O–H groups in total. The standard InChI is InChI=1S/C33H43BN2O4/c1-6-9-18-35(19-10-7-2)25-15-12-23(13-16-25)30-31(37)26(32(30)38)22-29-33(4,5)27-21-24(34(39)40)14-17-28(27)36(29)20-11-8-3/h12-17,21-22,39-40H,6-11,18-20H2,1-5H3. The summed E-state index contributed by atoms with van der Waals surface area (Å²) < 4.78 is 2.17. The fourth-order valence-electron chi connectivity index (χ4n) is 5.72. The van der Waals surface area contributed by atoms with E-state index in [9.17, 15) is 19.9 Å². The van der Waals surface area contributed by atoms with Crippen LogP contribution in [0.1, 0.15) is 84.3 Å². The first-order valence-electron chi connectivity index (χ1n) is 14.8. The molecule has 0 atom stereocenters. The molecule has 1 aliphatic heterocycles. The van der Waals surface area contributed by atoms with E-state index in [2.05, 4.69) is 44.1 Å². The smallest absolute Gasteiger partial charge is 0.488 e. The third-order valence-electron chi connectivity index (χ3n) is 8.26. The fraction of sp³-hybridized carbons (Fsp3) is 0.455. The third-order valence-corrected chi connectivity index (χ3v) is 8.26. The van der Waals surface area contributed by atoms with Gasteiger partial charge in [0, 0.05) is 54.0 Å². The minimum absolute atomic E-state index is 0.214. The van der Waals surface area contributed by atoms with Crippen LogP contribution >= 0.6 is 0 Å². The molecule has 7 heteroatoms. The molecule has 212 valence electrons. The summed E-state index contributed by atoms with van der Waals surface area (Å²) in [6.45, 7) is 13.4. The predicted octanol–water partition coefficient (Wildman–Crippen LogP) is 4.23. The minimum atomic E-state index is -1.56. The number of nitrogens with zero attached hydrogens (tertiary/aromatic N) is 2. The van der Waals surface area contributed by atoms with Gasteiger partial charge in [-0.2, -0.15) is 4.58 Å². The molecule has 0 fully saturated rings. The Morgan fingerprint density at radius 2 is 1.57 bits per heavy atom. The molecular weight excluding hydrogens is 499 g/mol. The van der Waals surface area contributed by atoms with Gasteiger partial charge in [0.1, 0.15) is 6.54 Å². The van der Waals surface area contributed by atoms with Gasteiger partial charge in [-0.15, -0.1) is 0 Å². The Kier molecular flexibility index (Phi) is 9.37. The van der Waals surface area contributed by atoms with Crippen LogP contribution in [-0.2, 0) is 10.2 Å². The molecule has 1 heterocycles. The Bertz CT molecular complexity index is 1330. The van der Waals surface area contributed by atoms with E-state index >= 15 is 0 Å². The van der Waals surface area contributed by atoms with E-state index < -0.39 is 12.5 Å². The van der Waals surface area contributed by atoms with E-state index in [1.807, 2.05) is 36.4 Å². The Hall–Kier alpha value is -3.16. The van der Waals surface area contributed by atoms with E-state index in [-0.39, 0.29) is 22.7 Å². The van der Waals surface area contributed by atoms with Crippen LogP contribution in [0, 0.1) is 0 Å². The Morgan fingerprint density at radius 3 is 2.12 bits per heavy atom. The van der Waals surface area contributed by atoms with Crippen LogP contribution < -0.4 is 15.5 Å². The maximum Gasteiger partial charge on any atom is 0.488 e. The Labute approximate surface area is 239 Å². The summed E-state index contributed by atoms with van der Waals surface area (Å²) in [5.41, 5.74) is 4.99. The van der Waals surface area contributed by atoms with E-state index in [0.29, 0.717) is 11.0 Å². The SMILES string of the molecule is CCCCN(CCCC)c1ccc(C2=C([O-])C(=CC3=[N+](CCCC)c4ccc(B(O)O)cc4C3(C)C)C2=O)cc1. The molecule has 0 amide bonds. The van der Waals surface area contributed by atoms with Gasteiger partial charge in [0.25, 0.3) is 0 Å². The van der Waals surface area contributed by atoms with Gasteiger partial charge in [0.15, 0.2) is 11.5 Å². The van der Waals surface area contributed by atoms with Gasteiger partial charge in [0.05, 0.1) is 5.41 Å². The third kappa shape index (κ3) is 5.68. The first-order valence-corrected chi connectivity index (χ1v) is 14.8. The molecule has 0 saturated carbocycles. The number of hydrogen-bond acceptors (Lipinski definition) is 5. The van der Waals surface area contributed by atoms with Crippen molar-refractivity contribution < 1.29 is 24.5 Å². The number of rotatable bonds is 13. The van der Waals surface area contributed by atoms with E-state index in [1.54, 1.807) is 12.1 Å². The van der Waals surface area contributed by atoms with Crippen molar-refractivity contribution in [3.05, 3.63) is 71.0 Å². The average molecular weight is 543 g/mol. The van der Waals surface area contributed by atoms with E-state index in [1.165, 1.54) is 0 Å². The van der Waals surface area contributed by atoms with E-state index in [4.69, 9.17) is 0 Å². The van der Waals surface area contributed by atoms with Crippen LogP contribution in [0.15, 0.2) is 59.9 Å². The highest BCUT2D eigenvalue weighted by molar-refractivity contribution is 6.58. The van der Waals surface area contributed by atoms with Gasteiger partial charge >= 0.3 is 7.12 Å². The van der Waals surface area contributed by atoms with Crippen molar-refractivity contribution in [2.45, 2.75) is 78.6 Å². The van der Waals surface area contributed by atoms with Crippen LogP contribution in [0.4, 0.5) is 11.4 Å². The van der Waals surface area contributed by atoms with Crippen molar-refractivity contribution in [3.63, 3.8) is 0 Å². The number of benzene rings is 2.